The number of halogens is 3. The zero-order chi connectivity index (χ0) is 20.4. The van der Waals surface area contributed by atoms with Crippen molar-refractivity contribution in [3.8, 4) is 11.5 Å². The molecular weight excluding hydrogens is 451 g/mol. The van der Waals surface area contributed by atoms with Gasteiger partial charge in [-0.05, 0) is 49.3 Å². The Labute approximate surface area is 178 Å². The zero-order valence-electron chi connectivity index (χ0n) is 15.7. The van der Waals surface area contributed by atoms with E-state index in [9.17, 15) is 4.39 Å². The Balaban J connectivity index is 1.95. The molecule has 0 aliphatic rings. The zero-order valence-corrected chi connectivity index (χ0v) is 18.1. The topological polar surface area (TPSA) is 62.8 Å². The van der Waals surface area contributed by atoms with Gasteiger partial charge in [0.2, 0.25) is 0 Å². The van der Waals surface area contributed by atoms with Gasteiger partial charge in [0, 0.05) is 23.1 Å². The Kier molecular flexibility index (Phi) is 10.0. The van der Waals surface area contributed by atoms with E-state index < -0.39 is 5.82 Å². The van der Waals surface area contributed by atoms with Crippen LogP contribution < -0.4 is 20.1 Å². The Morgan fingerprint density at radius 2 is 1.93 bits per heavy atom. The van der Waals surface area contributed by atoms with E-state index in [-0.39, 0.29) is 13.2 Å². The summed E-state index contributed by atoms with van der Waals surface area (Å²) in [7, 11) is 1.57. The summed E-state index contributed by atoms with van der Waals surface area (Å²) >= 11 is 9.60. The molecule has 2 aromatic carbocycles. The Bertz CT molecular complexity index is 744. The Hall–Kier alpha value is -1.38. The number of ether oxygens (including phenoxy) is 2. The average molecular weight is 476 g/mol. The summed E-state index contributed by atoms with van der Waals surface area (Å²) in [6, 6.07) is 8.24. The smallest absolute Gasteiger partial charge is 0.162 e. The van der Waals surface area contributed by atoms with Crippen molar-refractivity contribution in [1.29, 1.82) is 0 Å². The number of rotatable bonds is 12. The summed E-state index contributed by atoms with van der Waals surface area (Å²) in [5.41, 5.74) is 1.33. The molecule has 0 unspecified atom stereocenters. The SMILES string of the molecule is COc1cc(CNCCCNCCO)c(Br)cc1OCc1c(F)cccc1Cl. The van der Waals surface area contributed by atoms with Crippen LogP contribution in [0.4, 0.5) is 4.39 Å². The number of hydrogen-bond acceptors (Lipinski definition) is 5. The number of benzene rings is 2. The first-order chi connectivity index (χ1) is 13.6. The Morgan fingerprint density at radius 3 is 2.64 bits per heavy atom. The van der Waals surface area contributed by atoms with Gasteiger partial charge in [0.1, 0.15) is 12.4 Å². The molecule has 0 aromatic heterocycles. The molecule has 28 heavy (non-hydrogen) atoms. The van der Waals surface area contributed by atoms with Gasteiger partial charge in [-0.3, -0.25) is 0 Å². The van der Waals surface area contributed by atoms with E-state index in [4.69, 9.17) is 26.2 Å². The lowest BCUT2D eigenvalue weighted by atomic mass is 10.2. The number of hydrogen-bond donors (Lipinski definition) is 3. The van der Waals surface area contributed by atoms with Gasteiger partial charge in [-0.2, -0.15) is 0 Å². The number of aliphatic hydroxyl groups is 1. The predicted octanol–water partition coefficient (Wildman–Crippen LogP) is 3.89. The third-order valence-electron chi connectivity index (χ3n) is 4.08. The maximum Gasteiger partial charge on any atom is 0.162 e. The minimum absolute atomic E-state index is 0.00669. The molecule has 2 rings (SSSR count). The molecule has 8 heteroatoms. The van der Waals surface area contributed by atoms with Gasteiger partial charge >= 0.3 is 0 Å². The quantitative estimate of drug-likeness (QED) is 0.407. The molecule has 0 heterocycles. The van der Waals surface area contributed by atoms with Crippen molar-refractivity contribution in [2.45, 2.75) is 19.6 Å². The monoisotopic (exact) mass is 474 g/mol. The average Bonchev–Trinajstić information content (AvgIpc) is 2.68. The first-order valence-corrected chi connectivity index (χ1v) is 10.2. The molecule has 0 fully saturated rings. The minimum Gasteiger partial charge on any atom is -0.493 e. The molecule has 5 nitrogen and oxygen atoms in total. The fourth-order valence-corrected chi connectivity index (χ4v) is 3.25. The number of methoxy groups -OCH3 is 1. The molecule has 0 radical (unpaired) electrons. The van der Waals surface area contributed by atoms with E-state index in [2.05, 4.69) is 26.6 Å². The molecule has 3 N–H and O–H groups in total. The molecule has 0 atom stereocenters. The summed E-state index contributed by atoms with van der Waals surface area (Å²) in [5.74, 6) is 0.669. The second-order valence-corrected chi connectivity index (χ2v) is 7.35. The van der Waals surface area contributed by atoms with Crippen LogP contribution in [0, 0.1) is 5.82 Å². The van der Waals surface area contributed by atoms with Crippen molar-refractivity contribution in [1.82, 2.24) is 10.6 Å². The summed E-state index contributed by atoms with van der Waals surface area (Å²) in [6.45, 7) is 3.13. The van der Waals surface area contributed by atoms with Crippen LogP contribution in [-0.2, 0) is 13.2 Å². The molecule has 0 bridgehead atoms. The maximum atomic E-state index is 13.9. The van der Waals surface area contributed by atoms with Gasteiger partial charge in [-0.25, -0.2) is 4.39 Å². The van der Waals surface area contributed by atoms with Crippen LogP contribution in [0.2, 0.25) is 5.02 Å². The van der Waals surface area contributed by atoms with E-state index in [1.165, 1.54) is 6.07 Å². The highest BCUT2D eigenvalue weighted by Crippen LogP contribution is 2.34. The standard InChI is InChI=1S/C20H25BrClFN2O3/c1-27-19-10-14(12-25-7-3-6-24-8-9-26)16(21)11-20(19)28-13-15-17(22)4-2-5-18(15)23/h2,4-5,10-11,24-26H,3,6-9,12-13H2,1H3. The highest BCUT2D eigenvalue weighted by Gasteiger charge is 2.13. The Morgan fingerprint density at radius 1 is 1.14 bits per heavy atom. The van der Waals surface area contributed by atoms with Crippen LogP contribution in [0.5, 0.6) is 11.5 Å². The minimum atomic E-state index is -0.403. The van der Waals surface area contributed by atoms with Crippen molar-refractivity contribution >= 4 is 27.5 Å². The van der Waals surface area contributed by atoms with Crippen molar-refractivity contribution in [2.24, 2.45) is 0 Å². The first kappa shape index (κ1) is 22.9. The van der Waals surface area contributed by atoms with E-state index in [1.54, 1.807) is 19.2 Å². The van der Waals surface area contributed by atoms with Gasteiger partial charge < -0.3 is 25.2 Å². The molecular formula is C20H25BrClFN2O3. The number of nitrogens with one attached hydrogen (secondary N) is 2. The fraction of sp³-hybridized carbons (Fsp3) is 0.400. The summed E-state index contributed by atoms with van der Waals surface area (Å²) < 4.78 is 26.0. The largest absolute Gasteiger partial charge is 0.493 e. The van der Waals surface area contributed by atoms with E-state index >= 15 is 0 Å². The lowest BCUT2D eigenvalue weighted by Gasteiger charge is -2.15. The molecule has 0 saturated heterocycles. The van der Waals surface area contributed by atoms with Crippen molar-refractivity contribution < 1.29 is 19.0 Å². The second-order valence-electron chi connectivity index (χ2n) is 6.09. The van der Waals surface area contributed by atoms with Crippen molar-refractivity contribution in [2.75, 3.05) is 33.4 Å². The van der Waals surface area contributed by atoms with Crippen LogP contribution in [0.15, 0.2) is 34.8 Å². The molecule has 0 spiro atoms. The highest BCUT2D eigenvalue weighted by molar-refractivity contribution is 9.10. The van der Waals surface area contributed by atoms with Crippen LogP contribution in [0.25, 0.3) is 0 Å². The third-order valence-corrected chi connectivity index (χ3v) is 5.17. The van der Waals surface area contributed by atoms with Gasteiger partial charge in [0.05, 0.1) is 18.7 Å². The molecule has 154 valence electrons. The van der Waals surface area contributed by atoms with Crippen molar-refractivity contribution in [3.63, 3.8) is 0 Å². The van der Waals surface area contributed by atoms with Gasteiger partial charge in [-0.1, -0.05) is 33.6 Å². The highest BCUT2D eigenvalue weighted by atomic mass is 79.9. The van der Waals surface area contributed by atoms with Crippen LogP contribution in [0.3, 0.4) is 0 Å². The van der Waals surface area contributed by atoms with Gasteiger partial charge in [-0.15, -0.1) is 0 Å². The molecule has 0 saturated carbocycles. The first-order valence-electron chi connectivity index (χ1n) is 9.01. The van der Waals surface area contributed by atoms with E-state index in [0.29, 0.717) is 35.2 Å². The fourth-order valence-electron chi connectivity index (χ4n) is 2.57. The summed E-state index contributed by atoms with van der Waals surface area (Å²) in [6.07, 6.45) is 0.958. The van der Waals surface area contributed by atoms with E-state index in [0.717, 1.165) is 29.5 Å². The number of aliphatic hydroxyl groups excluding tert-OH is 1. The molecule has 2 aromatic rings. The lowest BCUT2D eigenvalue weighted by Crippen LogP contribution is -2.24. The second kappa shape index (κ2) is 12.2. The van der Waals surface area contributed by atoms with Crippen molar-refractivity contribution in [3.05, 3.63) is 56.8 Å². The van der Waals surface area contributed by atoms with Gasteiger partial charge in [0.15, 0.2) is 11.5 Å². The lowest BCUT2D eigenvalue weighted by molar-refractivity contribution is 0.279. The molecule has 0 amide bonds. The normalized spacial score (nSPS) is 10.9. The maximum absolute atomic E-state index is 13.9. The van der Waals surface area contributed by atoms with Gasteiger partial charge in [0.25, 0.3) is 0 Å². The van der Waals surface area contributed by atoms with Crippen LogP contribution >= 0.6 is 27.5 Å². The summed E-state index contributed by atoms with van der Waals surface area (Å²) in [4.78, 5) is 0. The molecule has 0 aliphatic carbocycles. The van der Waals surface area contributed by atoms with Crippen LogP contribution in [-0.4, -0.2) is 38.5 Å². The van der Waals surface area contributed by atoms with Crippen LogP contribution in [0.1, 0.15) is 17.5 Å². The van der Waals surface area contributed by atoms with E-state index in [1.807, 2.05) is 12.1 Å². The molecule has 0 aliphatic heterocycles. The predicted molar refractivity (Wildman–Crippen MR) is 113 cm³/mol. The third kappa shape index (κ3) is 6.90. The summed E-state index contributed by atoms with van der Waals surface area (Å²) in [5, 5.41) is 15.5.